The molecular formula is C16H18N2O2. The van der Waals surface area contributed by atoms with E-state index in [4.69, 9.17) is 0 Å². The molecule has 1 aliphatic heterocycles. The lowest BCUT2D eigenvalue weighted by Crippen LogP contribution is -2.36. The zero-order valence-corrected chi connectivity index (χ0v) is 11.6. The minimum Gasteiger partial charge on any atom is -0.340 e. The first-order valence-electron chi connectivity index (χ1n) is 6.74. The van der Waals surface area contributed by atoms with Crippen molar-refractivity contribution in [3.63, 3.8) is 0 Å². The molecule has 2 amide bonds. The van der Waals surface area contributed by atoms with Crippen molar-refractivity contribution >= 4 is 11.8 Å². The minimum atomic E-state index is -0.310. The molecule has 20 heavy (non-hydrogen) atoms. The van der Waals surface area contributed by atoms with Crippen molar-refractivity contribution in [1.29, 1.82) is 0 Å². The highest BCUT2D eigenvalue weighted by molar-refractivity contribution is 5.94. The van der Waals surface area contributed by atoms with Crippen LogP contribution < -0.4 is 5.32 Å². The van der Waals surface area contributed by atoms with Crippen LogP contribution in [0.4, 0.5) is 0 Å². The van der Waals surface area contributed by atoms with Crippen molar-refractivity contribution in [1.82, 2.24) is 10.2 Å². The van der Waals surface area contributed by atoms with Crippen LogP contribution in [0, 0.1) is 11.8 Å². The van der Waals surface area contributed by atoms with Crippen molar-refractivity contribution in [2.45, 2.75) is 25.8 Å². The summed E-state index contributed by atoms with van der Waals surface area (Å²) in [6, 6.07) is 9.95. The van der Waals surface area contributed by atoms with Gasteiger partial charge in [0.05, 0.1) is 6.04 Å². The molecule has 0 bridgehead atoms. The van der Waals surface area contributed by atoms with Gasteiger partial charge < -0.3 is 10.2 Å². The molecule has 2 rings (SSSR count). The van der Waals surface area contributed by atoms with Gasteiger partial charge in [-0.15, -0.1) is 0 Å². The molecule has 0 saturated carbocycles. The standard InChI is InChI=1S/C16H18N2O2/c1-2-6-15(19)17-14-11-16(20)18(12-14)10-9-13-7-4-3-5-8-13/h3-5,7-8,14H,9-12H2,1H3,(H,17,19)/t14-/m1/s1. The number of carbonyl (C=O) groups excluding carboxylic acids is 2. The molecule has 0 aromatic heterocycles. The highest BCUT2D eigenvalue weighted by Crippen LogP contribution is 2.12. The van der Waals surface area contributed by atoms with Crippen LogP contribution in [0.1, 0.15) is 18.9 Å². The first-order valence-corrected chi connectivity index (χ1v) is 6.74. The lowest BCUT2D eigenvalue weighted by molar-refractivity contribution is -0.127. The van der Waals surface area contributed by atoms with E-state index < -0.39 is 0 Å². The second kappa shape index (κ2) is 6.76. The molecule has 0 aliphatic carbocycles. The normalized spacial score (nSPS) is 17.6. The molecular weight excluding hydrogens is 252 g/mol. The highest BCUT2D eigenvalue weighted by Gasteiger charge is 2.29. The van der Waals surface area contributed by atoms with Crippen LogP contribution in [0.15, 0.2) is 30.3 Å². The average Bonchev–Trinajstić information content (AvgIpc) is 2.78. The van der Waals surface area contributed by atoms with Gasteiger partial charge >= 0.3 is 0 Å². The third-order valence-corrected chi connectivity index (χ3v) is 3.30. The number of carbonyl (C=O) groups is 2. The van der Waals surface area contributed by atoms with Gasteiger partial charge in [0.2, 0.25) is 5.91 Å². The van der Waals surface area contributed by atoms with Gasteiger partial charge in [0, 0.05) is 19.5 Å². The van der Waals surface area contributed by atoms with Crippen molar-refractivity contribution in [3.05, 3.63) is 35.9 Å². The van der Waals surface area contributed by atoms with E-state index in [1.807, 2.05) is 18.2 Å². The Hall–Kier alpha value is -2.28. The number of hydrogen-bond donors (Lipinski definition) is 1. The summed E-state index contributed by atoms with van der Waals surface area (Å²) in [6.07, 6.45) is 1.20. The van der Waals surface area contributed by atoms with E-state index in [-0.39, 0.29) is 17.9 Å². The van der Waals surface area contributed by atoms with Crippen LogP contribution in [-0.2, 0) is 16.0 Å². The Kier molecular flexibility index (Phi) is 4.78. The number of benzene rings is 1. The molecule has 104 valence electrons. The Labute approximate surface area is 119 Å². The highest BCUT2D eigenvalue weighted by atomic mass is 16.2. The number of nitrogens with zero attached hydrogens (tertiary/aromatic N) is 1. The summed E-state index contributed by atoms with van der Waals surface area (Å²) >= 11 is 0. The van der Waals surface area contributed by atoms with E-state index >= 15 is 0 Å². The van der Waals surface area contributed by atoms with Crippen molar-refractivity contribution in [3.8, 4) is 11.8 Å². The van der Waals surface area contributed by atoms with Crippen molar-refractivity contribution in [2.75, 3.05) is 13.1 Å². The Morgan fingerprint density at radius 3 is 2.85 bits per heavy atom. The molecule has 0 radical (unpaired) electrons. The molecule has 1 heterocycles. The van der Waals surface area contributed by atoms with Crippen LogP contribution in [0.2, 0.25) is 0 Å². The van der Waals surface area contributed by atoms with Crippen LogP contribution in [0.3, 0.4) is 0 Å². The van der Waals surface area contributed by atoms with Crippen LogP contribution in [-0.4, -0.2) is 35.8 Å². The summed E-state index contributed by atoms with van der Waals surface area (Å²) in [7, 11) is 0. The predicted octanol–water partition coefficient (Wildman–Crippen LogP) is 0.969. The summed E-state index contributed by atoms with van der Waals surface area (Å²) in [5.74, 6) is 4.76. The first kappa shape index (κ1) is 14.1. The Balaban J connectivity index is 1.83. The van der Waals surface area contributed by atoms with E-state index in [0.29, 0.717) is 19.5 Å². The van der Waals surface area contributed by atoms with E-state index in [2.05, 4.69) is 29.3 Å². The van der Waals surface area contributed by atoms with Gasteiger partial charge in [-0.05, 0) is 24.8 Å². The van der Waals surface area contributed by atoms with Crippen molar-refractivity contribution < 1.29 is 9.59 Å². The summed E-state index contributed by atoms with van der Waals surface area (Å²) in [6.45, 7) is 2.88. The quantitative estimate of drug-likeness (QED) is 0.829. The van der Waals surface area contributed by atoms with Crippen molar-refractivity contribution in [2.24, 2.45) is 0 Å². The van der Waals surface area contributed by atoms with Crippen LogP contribution in [0.25, 0.3) is 0 Å². The molecule has 1 aromatic rings. The monoisotopic (exact) mass is 270 g/mol. The van der Waals surface area contributed by atoms with Crippen LogP contribution >= 0.6 is 0 Å². The molecule has 1 fully saturated rings. The second-order valence-corrected chi connectivity index (χ2v) is 4.82. The number of amides is 2. The molecule has 4 nitrogen and oxygen atoms in total. The summed E-state index contributed by atoms with van der Waals surface area (Å²) in [4.78, 5) is 25.1. The molecule has 0 unspecified atom stereocenters. The Morgan fingerprint density at radius 2 is 2.15 bits per heavy atom. The van der Waals surface area contributed by atoms with E-state index in [0.717, 1.165) is 6.42 Å². The minimum absolute atomic E-state index is 0.0932. The zero-order chi connectivity index (χ0) is 14.4. The van der Waals surface area contributed by atoms with E-state index in [1.54, 1.807) is 11.8 Å². The summed E-state index contributed by atoms with van der Waals surface area (Å²) in [5.41, 5.74) is 1.21. The predicted molar refractivity (Wildman–Crippen MR) is 76.7 cm³/mol. The SMILES string of the molecule is CC#CC(=O)N[C@@H]1CC(=O)N(CCc2ccccc2)C1. The maximum absolute atomic E-state index is 11.9. The van der Waals surface area contributed by atoms with Gasteiger partial charge in [-0.1, -0.05) is 36.3 Å². The molecule has 0 spiro atoms. The number of likely N-dealkylation sites (tertiary alicyclic amines) is 1. The number of rotatable bonds is 4. The molecule has 4 heteroatoms. The fraction of sp³-hybridized carbons (Fsp3) is 0.375. The molecule has 1 aliphatic rings. The van der Waals surface area contributed by atoms with Gasteiger partial charge in [0.15, 0.2) is 0 Å². The van der Waals surface area contributed by atoms with E-state index in [1.165, 1.54) is 5.56 Å². The third kappa shape index (κ3) is 3.86. The summed E-state index contributed by atoms with van der Waals surface area (Å²) < 4.78 is 0. The van der Waals surface area contributed by atoms with Gasteiger partial charge in [-0.2, -0.15) is 0 Å². The molecule has 1 N–H and O–H groups in total. The number of nitrogens with one attached hydrogen (secondary N) is 1. The maximum Gasteiger partial charge on any atom is 0.296 e. The lowest BCUT2D eigenvalue weighted by Gasteiger charge is -2.16. The van der Waals surface area contributed by atoms with Gasteiger partial charge in [0.1, 0.15) is 0 Å². The number of hydrogen-bond acceptors (Lipinski definition) is 2. The molecule has 1 atom stereocenters. The fourth-order valence-corrected chi connectivity index (χ4v) is 2.33. The zero-order valence-electron chi connectivity index (χ0n) is 11.6. The third-order valence-electron chi connectivity index (χ3n) is 3.30. The first-order chi connectivity index (χ1) is 9.69. The van der Waals surface area contributed by atoms with E-state index in [9.17, 15) is 9.59 Å². The molecule has 1 saturated heterocycles. The Morgan fingerprint density at radius 1 is 1.40 bits per heavy atom. The van der Waals surface area contributed by atoms with Gasteiger partial charge in [-0.3, -0.25) is 9.59 Å². The maximum atomic E-state index is 11.9. The average molecular weight is 270 g/mol. The topological polar surface area (TPSA) is 49.4 Å². The Bertz CT molecular complexity index is 543. The fourth-order valence-electron chi connectivity index (χ4n) is 2.33. The summed E-state index contributed by atoms with van der Waals surface area (Å²) in [5, 5.41) is 2.76. The molecule has 1 aromatic carbocycles. The lowest BCUT2D eigenvalue weighted by atomic mass is 10.1. The smallest absolute Gasteiger partial charge is 0.296 e. The van der Waals surface area contributed by atoms with Crippen LogP contribution in [0.5, 0.6) is 0 Å². The van der Waals surface area contributed by atoms with Gasteiger partial charge in [-0.25, -0.2) is 0 Å². The van der Waals surface area contributed by atoms with Gasteiger partial charge in [0.25, 0.3) is 5.91 Å². The largest absolute Gasteiger partial charge is 0.340 e. The second-order valence-electron chi connectivity index (χ2n) is 4.82.